The number of ether oxygens (including phenoxy) is 1. The van der Waals surface area contributed by atoms with E-state index in [4.69, 9.17) is 15.0 Å². The molecule has 4 rings (SSSR count). The Bertz CT molecular complexity index is 1320. The van der Waals surface area contributed by atoms with Gasteiger partial charge in [-0.25, -0.2) is 22.9 Å². The van der Waals surface area contributed by atoms with E-state index in [-0.39, 0.29) is 11.3 Å². The van der Waals surface area contributed by atoms with Crippen LogP contribution in [0, 0.1) is 5.82 Å². The van der Waals surface area contributed by atoms with Gasteiger partial charge in [0.15, 0.2) is 5.76 Å². The smallest absolute Gasteiger partial charge is 0.232 e. The molecule has 9 nitrogen and oxygen atoms in total. The second-order valence-corrected chi connectivity index (χ2v) is 10.8. The molecule has 0 amide bonds. The highest BCUT2D eigenvalue weighted by atomic mass is 32.2. The van der Waals surface area contributed by atoms with Crippen LogP contribution in [0.3, 0.4) is 0 Å². The Labute approximate surface area is 197 Å². The summed E-state index contributed by atoms with van der Waals surface area (Å²) in [6.45, 7) is 0. The van der Waals surface area contributed by atoms with Crippen molar-refractivity contribution in [3.8, 4) is 28.6 Å². The zero-order valence-electron chi connectivity index (χ0n) is 19.3. The van der Waals surface area contributed by atoms with E-state index in [2.05, 4.69) is 24.5 Å². The molecule has 1 aliphatic rings. The maximum atomic E-state index is 14.9. The average Bonchev–Trinajstić information content (AvgIpc) is 3.56. The molecule has 11 heteroatoms. The molecule has 1 atom stereocenters. The van der Waals surface area contributed by atoms with E-state index in [0.29, 0.717) is 47.3 Å². The van der Waals surface area contributed by atoms with E-state index in [1.807, 2.05) is 0 Å². The van der Waals surface area contributed by atoms with Crippen LogP contribution < -0.4 is 10.5 Å². The van der Waals surface area contributed by atoms with Gasteiger partial charge in [-0.2, -0.15) is 0 Å². The van der Waals surface area contributed by atoms with Crippen molar-refractivity contribution in [3.05, 3.63) is 48.0 Å². The molecule has 1 fully saturated rings. The third-order valence-electron chi connectivity index (χ3n) is 6.32. The first-order valence-electron chi connectivity index (χ1n) is 10.8. The normalized spacial score (nSPS) is 17.4. The van der Waals surface area contributed by atoms with Crippen molar-refractivity contribution in [1.82, 2.24) is 15.1 Å². The van der Waals surface area contributed by atoms with Crippen LogP contribution in [-0.4, -0.2) is 51.1 Å². The van der Waals surface area contributed by atoms with Gasteiger partial charge >= 0.3 is 0 Å². The van der Waals surface area contributed by atoms with Gasteiger partial charge in [-0.05, 0) is 31.0 Å². The largest absolute Gasteiger partial charge is 0.480 e. The summed E-state index contributed by atoms with van der Waals surface area (Å²) in [6, 6.07) is 6.22. The quantitative estimate of drug-likeness (QED) is 0.397. The molecular formula is C23H27FN6O3S. The number of halogens is 1. The Morgan fingerprint density at radius 3 is 2.59 bits per heavy atom. The van der Waals surface area contributed by atoms with Gasteiger partial charge in [-0.15, -0.1) is 0 Å². The molecule has 1 aliphatic carbocycles. The van der Waals surface area contributed by atoms with E-state index in [1.165, 1.54) is 32.6 Å². The summed E-state index contributed by atoms with van der Waals surface area (Å²) in [7, 11) is 1.65. The van der Waals surface area contributed by atoms with Crippen LogP contribution in [-0.2, 0) is 15.5 Å². The summed E-state index contributed by atoms with van der Waals surface area (Å²) in [5, 5.41) is 4.05. The number of hydrogen-bond acceptors (Lipinski definition) is 8. The predicted molar refractivity (Wildman–Crippen MR) is 128 cm³/mol. The SMILES string of the molecule is CN=S(=O)(Cc1cc(-c2cc(-c3cnc(OC)cn3)no2)ccc1F)C1(/C(N)=N\C)CCCC1. The molecule has 2 N–H and O–H groups in total. The highest BCUT2D eigenvalue weighted by molar-refractivity contribution is 7.95. The lowest BCUT2D eigenvalue weighted by molar-refractivity contribution is 0.395. The maximum Gasteiger partial charge on any atom is 0.232 e. The zero-order valence-corrected chi connectivity index (χ0v) is 20.1. The number of nitrogens with two attached hydrogens (primary N) is 1. The Morgan fingerprint density at radius 1 is 1.21 bits per heavy atom. The number of hydrogen-bond donors (Lipinski definition) is 1. The molecule has 1 unspecified atom stereocenters. The fraction of sp³-hybridized carbons (Fsp3) is 0.391. The number of nitrogens with zero attached hydrogens (tertiary/aromatic N) is 5. The Morgan fingerprint density at radius 2 is 1.97 bits per heavy atom. The van der Waals surface area contributed by atoms with Crippen LogP contribution in [0.4, 0.5) is 4.39 Å². The van der Waals surface area contributed by atoms with Crippen molar-refractivity contribution in [2.45, 2.75) is 36.2 Å². The van der Waals surface area contributed by atoms with Crippen LogP contribution in [0.15, 0.2) is 50.5 Å². The molecule has 0 aliphatic heterocycles. The molecule has 1 saturated carbocycles. The molecule has 2 heterocycles. The Kier molecular flexibility index (Phi) is 6.65. The molecule has 0 spiro atoms. The van der Waals surface area contributed by atoms with Gasteiger partial charge in [0.25, 0.3) is 0 Å². The number of amidine groups is 1. The standard InChI is InChI=1S/C23H27FN6O3S/c1-26-22(25)23(8-4-5-9-23)34(31,27-2)14-16-10-15(6-7-17(16)24)20-11-18(30-33-20)19-12-29-21(32-3)13-28-19/h6-7,10-13H,4-5,8-9,14H2,1-3H3,(H2,25,26). The van der Waals surface area contributed by atoms with E-state index in [9.17, 15) is 8.60 Å². The summed E-state index contributed by atoms with van der Waals surface area (Å²) >= 11 is 0. The Hall–Kier alpha value is -3.34. The second kappa shape index (κ2) is 9.49. The van der Waals surface area contributed by atoms with Crippen LogP contribution in [0.25, 0.3) is 22.7 Å². The molecular weight excluding hydrogens is 459 g/mol. The highest BCUT2D eigenvalue weighted by Crippen LogP contribution is 2.41. The van der Waals surface area contributed by atoms with Crippen molar-refractivity contribution in [1.29, 1.82) is 0 Å². The van der Waals surface area contributed by atoms with E-state index in [0.717, 1.165) is 12.8 Å². The minimum absolute atomic E-state index is 0.0790. The van der Waals surface area contributed by atoms with Crippen LogP contribution in [0.1, 0.15) is 31.2 Å². The Balaban J connectivity index is 1.68. The molecule has 34 heavy (non-hydrogen) atoms. The minimum atomic E-state index is -2.94. The zero-order chi connectivity index (χ0) is 24.3. The fourth-order valence-corrected chi connectivity index (χ4v) is 7.14. The molecule has 0 saturated heterocycles. The van der Waals surface area contributed by atoms with Crippen molar-refractivity contribution in [2.75, 3.05) is 21.2 Å². The summed E-state index contributed by atoms with van der Waals surface area (Å²) < 4.78 is 42.9. The molecule has 3 aromatic rings. The van der Waals surface area contributed by atoms with E-state index in [1.54, 1.807) is 25.2 Å². The van der Waals surface area contributed by atoms with Crippen LogP contribution in [0.2, 0.25) is 0 Å². The van der Waals surface area contributed by atoms with Crippen molar-refractivity contribution < 1.29 is 17.9 Å². The van der Waals surface area contributed by atoms with Gasteiger partial charge in [0.1, 0.15) is 27.8 Å². The number of rotatable bonds is 7. The van der Waals surface area contributed by atoms with Gasteiger partial charge < -0.3 is 15.0 Å². The molecule has 2 aromatic heterocycles. The fourth-order valence-electron chi connectivity index (χ4n) is 4.40. The van der Waals surface area contributed by atoms with Crippen molar-refractivity contribution >= 4 is 15.6 Å². The predicted octanol–water partition coefficient (Wildman–Crippen LogP) is 3.84. The summed E-state index contributed by atoms with van der Waals surface area (Å²) in [5.74, 6) is 0.566. The molecule has 1 aromatic carbocycles. The summed E-state index contributed by atoms with van der Waals surface area (Å²) in [6.07, 6.45) is 5.98. The van der Waals surface area contributed by atoms with Gasteiger partial charge in [-0.3, -0.25) is 4.99 Å². The lowest BCUT2D eigenvalue weighted by atomic mass is 10.1. The van der Waals surface area contributed by atoms with Crippen molar-refractivity contribution in [2.24, 2.45) is 15.1 Å². The van der Waals surface area contributed by atoms with Gasteiger partial charge in [0.05, 0.1) is 35.0 Å². The summed E-state index contributed by atoms with van der Waals surface area (Å²) in [5.41, 5.74) is 8.07. The molecule has 0 radical (unpaired) electrons. The molecule has 180 valence electrons. The number of methoxy groups -OCH3 is 1. The monoisotopic (exact) mass is 486 g/mol. The van der Waals surface area contributed by atoms with Gasteiger partial charge in [-0.1, -0.05) is 18.0 Å². The lowest BCUT2D eigenvalue weighted by Gasteiger charge is -2.32. The van der Waals surface area contributed by atoms with Crippen LogP contribution in [0.5, 0.6) is 5.88 Å². The number of aliphatic imine (C=N–C) groups is 1. The summed E-state index contributed by atoms with van der Waals surface area (Å²) in [4.78, 5) is 12.5. The topological polar surface area (TPSA) is 129 Å². The van der Waals surface area contributed by atoms with Crippen molar-refractivity contribution in [3.63, 3.8) is 0 Å². The minimum Gasteiger partial charge on any atom is -0.480 e. The van der Waals surface area contributed by atoms with Gasteiger partial charge in [0.2, 0.25) is 5.88 Å². The first-order valence-corrected chi connectivity index (χ1v) is 12.5. The molecule has 0 bridgehead atoms. The number of aromatic nitrogens is 3. The number of benzene rings is 1. The highest BCUT2D eigenvalue weighted by Gasteiger charge is 2.47. The first kappa shape index (κ1) is 23.8. The first-order chi connectivity index (χ1) is 16.4. The third-order valence-corrected chi connectivity index (χ3v) is 9.45. The average molecular weight is 487 g/mol. The third kappa shape index (κ3) is 4.15. The second-order valence-electron chi connectivity index (χ2n) is 8.10. The van der Waals surface area contributed by atoms with E-state index < -0.39 is 20.3 Å². The van der Waals surface area contributed by atoms with Crippen LogP contribution >= 0.6 is 0 Å². The lowest BCUT2D eigenvalue weighted by Crippen LogP contribution is -2.48. The maximum absolute atomic E-state index is 14.9. The van der Waals surface area contributed by atoms with Gasteiger partial charge in [0, 0.05) is 31.3 Å². The van der Waals surface area contributed by atoms with E-state index >= 15 is 0 Å².